The van der Waals surface area contributed by atoms with Crippen molar-refractivity contribution in [2.75, 3.05) is 6.54 Å². The Labute approximate surface area is 177 Å². The molecule has 2 heterocycles. The number of carbonyl (C=O) groups excluding carboxylic acids is 2. The molecule has 0 bridgehead atoms. The molecule has 1 aromatic heterocycles. The fraction of sp³-hybridized carbons (Fsp3) is 0.200. The smallest absolute Gasteiger partial charge is 0.337 e. The molecular weight excluding hydrogens is 414 g/mol. The van der Waals surface area contributed by atoms with Crippen molar-refractivity contribution in [1.29, 1.82) is 0 Å². The molecule has 1 saturated heterocycles. The number of aryl methyl sites for hydroxylation is 1. The van der Waals surface area contributed by atoms with Crippen molar-refractivity contribution in [3.8, 4) is 5.69 Å². The lowest BCUT2D eigenvalue weighted by molar-refractivity contribution is -0.128. The predicted octanol–water partition coefficient (Wildman–Crippen LogP) is 3.09. The van der Waals surface area contributed by atoms with E-state index in [1.54, 1.807) is 13.0 Å². The number of rotatable bonds is 4. The largest absolute Gasteiger partial charge is 0.478 e. The third kappa shape index (κ3) is 3.68. The van der Waals surface area contributed by atoms with Crippen LogP contribution in [-0.2, 0) is 9.59 Å². The predicted molar refractivity (Wildman–Crippen MR) is 113 cm³/mol. The molecule has 1 aliphatic rings. The van der Waals surface area contributed by atoms with Crippen LogP contribution < -0.4 is 5.32 Å². The number of carbonyl (C=O) groups is 3. The molecule has 2 N–H and O–H groups in total. The molecule has 2 aromatic rings. The highest BCUT2D eigenvalue weighted by Crippen LogP contribution is 2.27. The number of nitrogens with one attached hydrogen (secondary N) is 1. The first kappa shape index (κ1) is 20.8. The maximum Gasteiger partial charge on any atom is 0.337 e. The maximum absolute atomic E-state index is 12.6. The van der Waals surface area contributed by atoms with E-state index < -0.39 is 17.8 Å². The van der Waals surface area contributed by atoms with Crippen LogP contribution in [0, 0.1) is 13.8 Å². The van der Waals surface area contributed by atoms with Crippen LogP contribution in [0.15, 0.2) is 29.8 Å². The van der Waals surface area contributed by atoms with Crippen LogP contribution in [0.4, 0.5) is 0 Å². The number of carboxylic acids is 1. The van der Waals surface area contributed by atoms with E-state index in [1.165, 1.54) is 23.1 Å². The van der Waals surface area contributed by atoms with Gasteiger partial charge in [-0.15, -0.1) is 0 Å². The number of hydrogen-bond donors (Lipinski definition) is 2. The second-order valence-corrected chi connectivity index (χ2v) is 7.29. The number of halogens is 1. The van der Waals surface area contributed by atoms with Crippen molar-refractivity contribution in [3.63, 3.8) is 0 Å². The van der Waals surface area contributed by atoms with E-state index in [2.05, 4.69) is 5.32 Å². The highest BCUT2D eigenvalue weighted by atomic mass is 35.5. The number of hydrogen-bond acceptors (Lipinski definition) is 4. The molecule has 7 nitrogen and oxygen atoms in total. The van der Waals surface area contributed by atoms with Gasteiger partial charge in [0.05, 0.1) is 10.6 Å². The zero-order valence-electron chi connectivity index (χ0n) is 15.9. The van der Waals surface area contributed by atoms with E-state index in [1.807, 2.05) is 24.5 Å². The van der Waals surface area contributed by atoms with Gasteiger partial charge in [0.2, 0.25) is 0 Å². The van der Waals surface area contributed by atoms with E-state index in [0.717, 1.165) is 11.4 Å². The summed E-state index contributed by atoms with van der Waals surface area (Å²) in [6.45, 7) is 5.78. The molecule has 2 amide bonds. The van der Waals surface area contributed by atoms with Gasteiger partial charge in [-0.2, -0.15) is 0 Å². The second-order valence-electron chi connectivity index (χ2n) is 6.50. The standard InChI is InChI=1S/C20H18ClN3O4S/c1-4-23-18(26)15(17(25)22-20(23)29)8-12-7-10(2)24(11(12)3)13-5-6-16(21)14(9-13)19(27)28/h5-9H,4H2,1-3H3,(H,27,28)(H,22,25,29)/b15-8+. The fourth-order valence-electron chi connectivity index (χ4n) is 3.28. The number of aromatic nitrogens is 1. The summed E-state index contributed by atoms with van der Waals surface area (Å²) in [5.41, 5.74) is 2.80. The molecule has 0 radical (unpaired) electrons. The molecule has 0 saturated carbocycles. The van der Waals surface area contributed by atoms with Crippen LogP contribution in [0.1, 0.15) is 34.2 Å². The maximum atomic E-state index is 12.6. The minimum atomic E-state index is -1.12. The minimum Gasteiger partial charge on any atom is -0.478 e. The van der Waals surface area contributed by atoms with Gasteiger partial charge in [0.25, 0.3) is 11.8 Å². The van der Waals surface area contributed by atoms with Gasteiger partial charge in [0, 0.05) is 23.6 Å². The number of aromatic carboxylic acids is 1. The summed E-state index contributed by atoms with van der Waals surface area (Å²) in [4.78, 5) is 37.7. The molecular formula is C20H18ClN3O4S. The molecule has 0 spiro atoms. The number of thiocarbonyl (C=S) groups is 1. The first-order chi connectivity index (χ1) is 13.6. The molecule has 0 aliphatic carbocycles. The normalized spacial score (nSPS) is 15.8. The number of benzene rings is 1. The number of likely N-dealkylation sites (N-methyl/N-ethyl adjacent to an activating group) is 1. The summed E-state index contributed by atoms with van der Waals surface area (Å²) in [6.07, 6.45) is 1.52. The van der Waals surface area contributed by atoms with E-state index >= 15 is 0 Å². The van der Waals surface area contributed by atoms with Crippen molar-refractivity contribution in [2.45, 2.75) is 20.8 Å². The quantitative estimate of drug-likeness (QED) is 0.441. The highest BCUT2D eigenvalue weighted by Gasteiger charge is 2.32. The van der Waals surface area contributed by atoms with Crippen molar-refractivity contribution in [3.05, 3.63) is 57.4 Å². The van der Waals surface area contributed by atoms with Gasteiger partial charge in [0.1, 0.15) is 5.57 Å². The summed E-state index contributed by atoms with van der Waals surface area (Å²) >= 11 is 11.0. The summed E-state index contributed by atoms with van der Waals surface area (Å²) < 4.78 is 1.84. The van der Waals surface area contributed by atoms with Crippen molar-refractivity contribution in [1.82, 2.24) is 14.8 Å². The molecule has 1 aliphatic heterocycles. The average molecular weight is 432 g/mol. The molecule has 3 rings (SSSR count). The van der Waals surface area contributed by atoms with E-state index in [0.29, 0.717) is 17.8 Å². The zero-order valence-corrected chi connectivity index (χ0v) is 17.5. The molecule has 150 valence electrons. The number of carboxylic acid groups (broad SMARTS) is 1. The van der Waals surface area contributed by atoms with Crippen LogP contribution in [0.3, 0.4) is 0 Å². The lowest BCUT2D eigenvalue weighted by Crippen LogP contribution is -2.53. The van der Waals surface area contributed by atoms with Gasteiger partial charge >= 0.3 is 5.97 Å². The monoisotopic (exact) mass is 431 g/mol. The molecule has 1 fully saturated rings. The van der Waals surface area contributed by atoms with Gasteiger partial charge in [0.15, 0.2) is 5.11 Å². The summed E-state index contributed by atoms with van der Waals surface area (Å²) in [5, 5.41) is 12.1. The Balaban J connectivity index is 2.09. The third-order valence-corrected chi connectivity index (χ3v) is 5.36. The first-order valence-electron chi connectivity index (χ1n) is 8.76. The Morgan fingerprint density at radius 2 is 1.97 bits per heavy atom. The molecule has 0 unspecified atom stereocenters. The van der Waals surface area contributed by atoms with E-state index in [9.17, 15) is 19.5 Å². The Morgan fingerprint density at radius 1 is 1.28 bits per heavy atom. The fourth-order valence-corrected chi connectivity index (χ4v) is 3.79. The van der Waals surface area contributed by atoms with Gasteiger partial charge in [-0.1, -0.05) is 11.6 Å². The first-order valence-corrected chi connectivity index (χ1v) is 9.55. The van der Waals surface area contributed by atoms with Gasteiger partial charge in [-0.05, 0) is 68.9 Å². The second kappa shape index (κ2) is 7.81. The Morgan fingerprint density at radius 3 is 2.59 bits per heavy atom. The van der Waals surface area contributed by atoms with E-state index in [-0.39, 0.29) is 21.3 Å². The lowest BCUT2D eigenvalue weighted by Gasteiger charge is -2.27. The summed E-state index contributed by atoms with van der Waals surface area (Å²) in [7, 11) is 0. The third-order valence-electron chi connectivity index (χ3n) is 4.71. The van der Waals surface area contributed by atoms with Gasteiger partial charge in [-0.3, -0.25) is 19.8 Å². The lowest BCUT2D eigenvalue weighted by atomic mass is 10.1. The van der Waals surface area contributed by atoms with Gasteiger partial charge < -0.3 is 9.67 Å². The summed E-state index contributed by atoms with van der Waals surface area (Å²) in [6, 6.07) is 6.54. The van der Waals surface area contributed by atoms with E-state index in [4.69, 9.17) is 23.8 Å². The Hall–Kier alpha value is -2.97. The summed E-state index contributed by atoms with van der Waals surface area (Å²) in [5.74, 6) is -2.12. The molecule has 9 heteroatoms. The van der Waals surface area contributed by atoms with Crippen LogP contribution in [0.5, 0.6) is 0 Å². The van der Waals surface area contributed by atoms with Gasteiger partial charge in [-0.25, -0.2) is 4.79 Å². The molecule has 29 heavy (non-hydrogen) atoms. The number of nitrogens with zero attached hydrogens (tertiary/aromatic N) is 2. The topological polar surface area (TPSA) is 91.6 Å². The average Bonchev–Trinajstić information content (AvgIpc) is 2.92. The minimum absolute atomic E-state index is 0.00879. The molecule has 0 atom stereocenters. The van der Waals surface area contributed by atoms with Crippen molar-refractivity contribution < 1.29 is 19.5 Å². The van der Waals surface area contributed by atoms with Crippen LogP contribution >= 0.6 is 23.8 Å². The highest BCUT2D eigenvalue weighted by molar-refractivity contribution is 7.80. The van der Waals surface area contributed by atoms with Crippen LogP contribution in [0.25, 0.3) is 11.8 Å². The zero-order chi connectivity index (χ0) is 21.5. The number of amides is 2. The Kier molecular flexibility index (Phi) is 5.59. The van der Waals surface area contributed by atoms with Crippen molar-refractivity contribution in [2.24, 2.45) is 0 Å². The van der Waals surface area contributed by atoms with Crippen molar-refractivity contribution >= 4 is 52.8 Å². The van der Waals surface area contributed by atoms with Crippen LogP contribution in [0.2, 0.25) is 5.02 Å². The van der Waals surface area contributed by atoms with Crippen LogP contribution in [-0.4, -0.2) is 44.0 Å². The Bertz CT molecular complexity index is 1100. The SMILES string of the molecule is CCN1C(=O)/C(=C/c2cc(C)n(-c3ccc(Cl)c(C(=O)O)c3)c2C)C(=O)NC1=S. The molecule has 1 aromatic carbocycles.